The summed E-state index contributed by atoms with van der Waals surface area (Å²) in [6, 6.07) is 9.02. The van der Waals surface area contributed by atoms with Crippen LogP contribution in [-0.4, -0.2) is 42.6 Å². The van der Waals surface area contributed by atoms with Crippen molar-refractivity contribution >= 4 is 5.91 Å². The van der Waals surface area contributed by atoms with Crippen LogP contribution in [0.2, 0.25) is 0 Å². The second-order valence-corrected chi connectivity index (χ2v) is 7.22. The number of hydrogen-bond donors (Lipinski definition) is 1. The van der Waals surface area contributed by atoms with Crippen LogP contribution in [0.1, 0.15) is 43.9 Å². The average Bonchev–Trinajstić information content (AvgIpc) is 3.34. The number of hydrogen-bond acceptors (Lipinski definition) is 3. The SMILES string of the molecule is Cc1ccc(C(NC(=O)CN2CC(C)OCC2C)C2CC2)cc1. The molecule has 1 heterocycles. The topological polar surface area (TPSA) is 41.6 Å². The van der Waals surface area contributed by atoms with E-state index in [1.165, 1.54) is 24.0 Å². The largest absolute Gasteiger partial charge is 0.376 e. The number of nitrogens with one attached hydrogen (secondary N) is 1. The van der Waals surface area contributed by atoms with Gasteiger partial charge in [-0.15, -0.1) is 0 Å². The molecule has 4 heteroatoms. The molecule has 1 saturated carbocycles. The molecule has 3 unspecified atom stereocenters. The zero-order chi connectivity index (χ0) is 16.4. The highest BCUT2D eigenvalue weighted by molar-refractivity contribution is 5.78. The zero-order valence-corrected chi connectivity index (χ0v) is 14.4. The van der Waals surface area contributed by atoms with Crippen molar-refractivity contribution < 1.29 is 9.53 Å². The normalized spacial score (nSPS) is 26.7. The summed E-state index contributed by atoms with van der Waals surface area (Å²) in [7, 11) is 0. The summed E-state index contributed by atoms with van der Waals surface area (Å²) >= 11 is 0. The van der Waals surface area contributed by atoms with Gasteiger partial charge >= 0.3 is 0 Å². The van der Waals surface area contributed by atoms with E-state index < -0.39 is 0 Å². The van der Waals surface area contributed by atoms with E-state index in [2.05, 4.69) is 55.3 Å². The van der Waals surface area contributed by atoms with E-state index in [4.69, 9.17) is 4.74 Å². The molecule has 4 nitrogen and oxygen atoms in total. The van der Waals surface area contributed by atoms with Crippen LogP contribution in [0.4, 0.5) is 0 Å². The number of amides is 1. The highest BCUT2D eigenvalue weighted by Crippen LogP contribution is 2.41. The molecule has 0 aromatic heterocycles. The average molecular weight is 316 g/mol. The number of rotatable bonds is 5. The third-order valence-corrected chi connectivity index (χ3v) is 4.93. The molecule has 126 valence electrons. The molecule has 1 aliphatic heterocycles. The van der Waals surface area contributed by atoms with Crippen LogP contribution in [-0.2, 0) is 9.53 Å². The summed E-state index contributed by atoms with van der Waals surface area (Å²) in [4.78, 5) is 14.8. The van der Waals surface area contributed by atoms with Crippen molar-refractivity contribution in [3.63, 3.8) is 0 Å². The van der Waals surface area contributed by atoms with E-state index in [-0.39, 0.29) is 18.1 Å². The molecule has 1 amide bonds. The van der Waals surface area contributed by atoms with E-state index >= 15 is 0 Å². The number of carbonyl (C=O) groups excluding carboxylic acids is 1. The van der Waals surface area contributed by atoms with Crippen LogP contribution in [0, 0.1) is 12.8 Å². The van der Waals surface area contributed by atoms with E-state index in [0.29, 0.717) is 25.1 Å². The molecule has 0 spiro atoms. The van der Waals surface area contributed by atoms with E-state index in [0.717, 1.165) is 6.54 Å². The van der Waals surface area contributed by atoms with Crippen LogP contribution < -0.4 is 5.32 Å². The van der Waals surface area contributed by atoms with Gasteiger partial charge in [-0.05, 0) is 45.1 Å². The minimum Gasteiger partial charge on any atom is -0.376 e. The number of morpholine rings is 1. The number of nitrogens with zero attached hydrogens (tertiary/aromatic N) is 1. The molecule has 1 saturated heterocycles. The maximum Gasteiger partial charge on any atom is 0.234 e. The summed E-state index contributed by atoms with van der Waals surface area (Å²) in [5.41, 5.74) is 2.49. The fourth-order valence-corrected chi connectivity index (χ4v) is 3.27. The van der Waals surface area contributed by atoms with Crippen LogP contribution in [0.5, 0.6) is 0 Å². The molecular weight excluding hydrogens is 288 g/mol. The molecule has 0 bridgehead atoms. The standard InChI is InChI=1S/C19H28N2O2/c1-13-4-6-16(7-5-13)19(17-8-9-17)20-18(22)11-21-10-15(3)23-12-14(21)2/h4-7,14-15,17,19H,8-12H2,1-3H3,(H,20,22). The van der Waals surface area contributed by atoms with Gasteiger partial charge in [0.15, 0.2) is 0 Å². The first-order chi connectivity index (χ1) is 11.0. The Morgan fingerprint density at radius 3 is 2.65 bits per heavy atom. The van der Waals surface area contributed by atoms with Gasteiger partial charge in [0.25, 0.3) is 0 Å². The first-order valence-electron chi connectivity index (χ1n) is 8.74. The third-order valence-electron chi connectivity index (χ3n) is 4.93. The Hall–Kier alpha value is -1.39. The fourth-order valence-electron chi connectivity index (χ4n) is 3.27. The lowest BCUT2D eigenvalue weighted by Crippen LogP contribution is -2.51. The van der Waals surface area contributed by atoms with E-state index in [9.17, 15) is 4.79 Å². The van der Waals surface area contributed by atoms with Gasteiger partial charge in [0, 0.05) is 12.6 Å². The highest BCUT2D eigenvalue weighted by atomic mass is 16.5. The molecule has 1 aliphatic carbocycles. The maximum absolute atomic E-state index is 12.6. The molecule has 3 atom stereocenters. The predicted octanol–water partition coefficient (Wildman–Crippen LogP) is 2.67. The first-order valence-corrected chi connectivity index (χ1v) is 8.74. The predicted molar refractivity (Wildman–Crippen MR) is 91.2 cm³/mol. The Morgan fingerprint density at radius 1 is 1.30 bits per heavy atom. The Kier molecular flexibility index (Phi) is 5.02. The smallest absolute Gasteiger partial charge is 0.234 e. The van der Waals surface area contributed by atoms with E-state index in [1.807, 2.05) is 0 Å². The molecule has 2 fully saturated rings. The van der Waals surface area contributed by atoms with Crippen molar-refractivity contribution in [2.45, 2.75) is 51.8 Å². The van der Waals surface area contributed by atoms with Crippen molar-refractivity contribution in [3.05, 3.63) is 35.4 Å². The fraction of sp³-hybridized carbons (Fsp3) is 0.632. The molecule has 1 N–H and O–H groups in total. The molecule has 1 aromatic rings. The lowest BCUT2D eigenvalue weighted by Gasteiger charge is -2.36. The number of aryl methyl sites for hydroxylation is 1. The molecule has 0 radical (unpaired) electrons. The number of benzene rings is 1. The summed E-state index contributed by atoms with van der Waals surface area (Å²) in [5.74, 6) is 0.728. The summed E-state index contributed by atoms with van der Waals surface area (Å²) in [5, 5.41) is 3.28. The van der Waals surface area contributed by atoms with Crippen LogP contribution in [0.15, 0.2) is 24.3 Å². The molecular formula is C19H28N2O2. The Labute approximate surface area is 139 Å². The van der Waals surface area contributed by atoms with Crippen molar-refractivity contribution in [2.24, 2.45) is 5.92 Å². The second kappa shape index (κ2) is 7.02. The summed E-state index contributed by atoms with van der Waals surface area (Å²) in [6.45, 7) is 8.28. The third kappa shape index (κ3) is 4.33. The van der Waals surface area contributed by atoms with E-state index in [1.54, 1.807) is 0 Å². The summed E-state index contributed by atoms with van der Waals surface area (Å²) < 4.78 is 5.64. The Balaban J connectivity index is 1.61. The Bertz CT molecular complexity index is 539. The van der Waals surface area contributed by atoms with Crippen LogP contribution >= 0.6 is 0 Å². The summed E-state index contributed by atoms with van der Waals surface area (Å²) in [6.07, 6.45) is 2.63. The van der Waals surface area contributed by atoms with Gasteiger partial charge in [-0.25, -0.2) is 0 Å². The lowest BCUT2D eigenvalue weighted by atomic mass is 10.0. The van der Waals surface area contributed by atoms with Gasteiger partial charge in [-0.1, -0.05) is 29.8 Å². The monoisotopic (exact) mass is 316 g/mol. The maximum atomic E-state index is 12.6. The Morgan fingerprint density at radius 2 is 2.00 bits per heavy atom. The van der Waals surface area contributed by atoms with Gasteiger partial charge in [-0.2, -0.15) is 0 Å². The van der Waals surface area contributed by atoms with Gasteiger partial charge in [0.2, 0.25) is 5.91 Å². The number of ether oxygens (including phenoxy) is 1. The minimum absolute atomic E-state index is 0.128. The molecule has 1 aromatic carbocycles. The first kappa shape index (κ1) is 16.5. The van der Waals surface area contributed by atoms with Crippen molar-refractivity contribution in [3.8, 4) is 0 Å². The van der Waals surface area contributed by atoms with Crippen LogP contribution in [0.25, 0.3) is 0 Å². The minimum atomic E-state index is 0.128. The zero-order valence-electron chi connectivity index (χ0n) is 14.4. The highest BCUT2D eigenvalue weighted by Gasteiger charge is 2.34. The van der Waals surface area contributed by atoms with Gasteiger partial charge in [0.1, 0.15) is 0 Å². The van der Waals surface area contributed by atoms with Crippen molar-refractivity contribution in [2.75, 3.05) is 19.7 Å². The molecule has 2 aliphatic rings. The van der Waals surface area contributed by atoms with Gasteiger partial charge < -0.3 is 10.1 Å². The van der Waals surface area contributed by atoms with Crippen molar-refractivity contribution in [1.29, 1.82) is 0 Å². The second-order valence-electron chi connectivity index (χ2n) is 7.22. The molecule has 3 rings (SSSR count). The lowest BCUT2D eigenvalue weighted by molar-refractivity contribution is -0.126. The van der Waals surface area contributed by atoms with Crippen molar-refractivity contribution in [1.82, 2.24) is 10.2 Å². The molecule has 23 heavy (non-hydrogen) atoms. The quantitative estimate of drug-likeness (QED) is 0.908. The number of carbonyl (C=O) groups is 1. The van der Waals surface area contributed by atoms with Gasteiger partial charge in [0.05, 0.1) is 25.3 Å². The van der Waals surface area contributed by atoms with Crippen LogP contribution in [0.3, 0.4) is 0 Å². The van der Waals surface area contributed by atoms with Gasteiger partial charge in [-0.3, -0.25) is 9.69 Å².